The number of rotatable bonds is 7. The number of likely N-dealkylation sites (tertiary alicyclic amines) is 1. The minimum Gasteiger partial charge on any atom is -0.352 e. The molecule has 1 saturated heterocycles. The maximum absolute atomic E-state index is 12.5. The van der Waals surface area contributed by atoms with E-state index in [-0.39, 0.29) is 17.9 Å². The van der Waals surface area contributed by atoms with Crippen LogP contribution < -0.4 is 5.32 Å². The number of fused-ring (bicyclic) bond motifs is 1. The SMILES string of the molecule is O=C(CCN1Cc2ccccc2C1=O)N[C@@H]1CCCN(CCc2ccccc2)C1. The van der Waals surface area contributed by atoms with Gasteiger partial charge in [-0.15, -0.1) is 0 Å². The molecule has 152 valence electrons. The largest absolute Gasteiger partial charge is 0.352 e. The van der Waals surface area contributed by atoms with Gasteiger partial charge in [-0.25, -0.2) is 0 Å². The molecule has 2 aromatic rings. The van der Waals surface area contributed by atoms with Crippen LogP contribution in [0.15, 0.2) is 54.6 Å². The zero-order valence-corrected chi connectivity index (χ0v) is 16.8. The first-order valence-corrected chi connectivity index (χ1v) is 10.6. The molecule has 5 heteroatoms. The molecular formula is C24H29N3O2. The summed E-state index contributed by atoms with van der Waals surface area (Å²) in [5.41, 5.74) is 3.18. The van der Waals surface area contributed by atoms with Gasteiger partial charge >= 0.3 is 0 Å². The van der Waals surface area contributed by atoms with Crippen molar-refractivity contribution in [3.63, 3.8) is 0 Å². The van der Waals surface area contributed by atoms with Gasteiger partial charge in [-0.3, -0.25) is 9.59 Å². The number of carbonyl (C=O) groups excluding carboxylic acids is 2. The van der Waals surface area contributed by atoms with Crippen LogP contribution >= 0.6 is 0 Å². The second-order valence-electron chi connectivity index (χ2n) is 8.08. The van der Waals surface area contributed by atoms with Crippen LogP contribution in [0.2, 0.25) is 0 Å². The van der Waals surface area contributed by atoms with Crippen molar-refractivity contribution in [2.45, 2.75) is 38.3 Å². The Bertz CT molecular complexity index is 852. The van der Waals surface area contributed by atoms with Crippen LogP contribution in [0.4, 0.5) is 0 Å². The molecule has 4 rings (SSSR count). The highest BCUT2D eigenvalue weighted by atomic mass is 16.2. The summed E-state index contributed by atoms with van der Waals surface area (Å²) in [6.07, 6.45) is 3.54. The maximum Gasteiger partial charge on any atom is 0.254 e. The molecular weight excluding hydrogens is 362 g/mol. The van der Waals surface area contributed by atoms with E-state index in [0.717, 1.165) is 50.0 Å². The lowest BCUT2D eigenvalue weighted by Crippen LogP contribution is -2.48. The van der Waals surface area contributed by atoms with E-state index >= 15 is 0 Å². The second-order valence-corrected chi connectivity index (χ2v) is 8.08. The number of amides is 2. The highest BCUT2D eigenvalue weighted by Crippen LogP contribution is 2.22. The first-order chi connectivity index (χ1) is 14.2. The number of hydrogen-bond acceptors (Lipinski definition) is 3. The molecule has 2 aliphatic rings. The summed E-state index contributed by atoms with van der Waals surface area (Å²) in [5.74, 6) is 0.0850. The van der Waals surface area contributed by atoms with Crippen molar-refractivity contribution in [2.24, 2.45) is 0 Å². The molecule has 0 aromatic heterocycles. The third-order valence-corrected chi connectivity index (χ3v) is 5.94. The summed E-state index contributed by atoms with van der Waals surface area (Å²) in [6.45, 7) is 4.12. The van der Waals surface area contributed by atoms with Crippen molar-refractivity contribution < 1.29 is 9.59 Å². The van der Waals surface area contributed by atoms with Crippen molar-refractivity contribution in [2.75, 3.05) is 26.2 Å². The van der Waals surface area contributed by atoms with Gasteiger partial charge in [0.05, 0.1) is 0 Å². The lowest BCUT2D eigenvalue weighted by molar-refractivity contribution is -0.122. The van der Waals surface area contributed by atoms with Crippen LogP contribution in [0.3, 0.4) is 0 Å². The fourth-order valence-corrected chi connectivity index (χ4v) is 4.34. The van der Waals surface area contributed by atoms with Crippen molar-refractivity contribution in [1.29, 1.82) is 0 Å². The predicted octanol–water partition coefficient (Wildman–Crippen LogP) is 2.86. The average molecular weight is 392 g/mol. The minimum atomic E-state index is 0.0400. The number of piperidine rings is 1. The Kier molecular flexibility index (Phi) is 6.25. The fourth-order valence-electron chi connectivity index (χ4n) is 4.34. The quantitative estimate of drug-likeness (QED) is 0.790. The highest BCUT2D eigenvalue weighted by Gasteiger charge is 2.27. The standard InChI is InChI=1S/C24H29N3O2/c28-23(13-16-27-17-20-9-4-5-11-22(20)24(27)29)25-21-10-6-14-26(18-21)15-12-19-7-2-1-3-8-19/h1-5,7-9,11,21H,6,10,12-18H2,(H,25,28)/t21-/m1/s1. The van der Waals surface area contributed by atoms with Gasteiger partial charge in [-0.05, 0) is 43.0 Å². The van der Waals surface area contributed by atoms with Gasteiger partial charge in [0.25, 0.3) is 5.91 Å². The van der Waals surface area contributed by atoms with Crippen LogP contribution in [0.25, 0.3) is 0 Å². The average Bonchev–Trinajstić information content (AvgIpc) is 3.08. The van der Waals surface area contributed by atoms with Crippen LogP contribution in [-0.4, -0.2) is 53.8 Å². The Morgan fingerprint density at radius 2 is 1.83 bits per heavy atom. The summed E-state index contributed by atoms with van der Waals surface area (Å²) in [5, 5.41) is 3.19. The Balaban J connectivity index is 1.20. The summed E-state index contributed by atoms with van der Waals surface area (Å²) in [7, 11) is 0. The Morgan fingerprint density at radius 3 is 2.66 bits per heavy atom. The molecule has 2 amide bonds. The smallest absolute Gasteiger partial charge is 0.254 e. The van der Waals surface area contributed by atoms with E-state index in [9.17, 15) is 9.59 Å². The van der Waals surface area contributed by atoms with Crippen molar-refractivity contribution in [3.05, 3.63) is 71.3 Å². The Labute approximate surface area is 172 Å². The summed E-state index contributed by atoms with van der Waals surface area (Å²) >= 11 is 0. The number of nitrogens with zero attached hydrogens (tertiary/aromatic N) is 2. The highest BCUT2D eigenvalue weighted by molar-refractivity contribution is 5.98. The number of benzene rings is 2. The van der Waals surface area contributed by atoms with Gasteiger partial charge in [0.15, 0.2) is 0 Å². The zero-order chi connectivity index (χ0) is 20.1. The first-order valence-electron chi connectivity index (χ1n) is 10.6. The lowest BCUT2D eigenvalue weighted by Gasteiger charge is -2.33. The predicted molar refractivity (Wildman–Crippen MR) is 114 cm³/mol. The molecule has 5 nitrogen and oxygen atoms in total. The second kappa shape index (κ2) is 9.23. The van der Waals surface area contributed by atoms with Gasteiger partial charge in [0.1, 0.15) is 0 Å². The fraction of sp³-hybridized carbons (Fsp3) is 0.417. The van der Waals surface area contributed by atoms with E-state index in [0.29, 0.717) is 19.5 Å². The first kappa shape index (κ1) is 19.6. The van der Waals surface area contributed by atoms with Crippen molar-refractivity contribution >= 4 is 11.8 Å². The Hall–Kier alpha value is -2.66. The summed E-state index contributed by atoms with van der Waals surface area (Å²) in [4.78, 5) is 29.1. The lowest BCUT2D eigenvalue weighted by atomic mass is 10.0. The number of nitrogens with one attached hydrogen (secondary N) is 1. The van der Waals surface area contributed by atoms with Crippen molar-refractivity contribution in [1.82, 2.24) is 15.1 Å². The van der Waals surface area contributed by atoms with Crippen molar-refractivity contribution in [3.8, 4) is 0 Å². The van der Waals surface area contributed by atoms with Crippen LogP contribution in [-0.2, 0) is 17.8 Å². The number of hydrogen-bond donors (Lipinski definition) is 1. The topological polar surface area (TPSA) is 52.7 Å². The molecule has 1 atom stereocenters. The molecule has 0 aliphatic carbocycles. The van der Waals surface area contributed by atoms with E-state index in [2.05, 4.69) is 34.5 Å². The van der Waals surface area contributed by atoms with Crippen LogP contribution in [0.1, 0.15) is 40.7 Å². The van der Waals surface area contributed by atoms with E-state index in [1.165, 1.54) is 5.56 Å². The third kappa shape index (κ3) is 5.04. The molecule has 0 unspecified atom stereocenters. The van der Waals surface area contributed by atoms with Gasteiger partial charge in [0, 0.05) is 44.2 Å². The molecule has 29 heavy (non-hydrogen) atoms. The van der Waals surface area contributed by atoms with Gasteiger partial charge in [0.2, 0.25) is 5.91 Å². The van der Waals surface area contributed by atoms with Gasteiger partial charge < -0.3 is 15.1 Å². The Morgan fingerprint density at radius 1 is 1.03 bits per heavy atom. The molecule has 0 saturated carbocycles. The third-order valence-electron chi connectivity index (χ3n) is 5.94. The van der Waals surface area contributed by atoms with Gasteiger partial charge in [-0.1, -0.05) is 48.5 Å². The monoisotopic (exact) mass is 391 g/mol. The maximum atomic E-state index is 12.5. The van der Waals surface area contributed by atoms with E-state index < -0.39 is 0 Å². The molecule has 0 bridgehead atoms. The molecule has 2 aromatic carbocycles. The van der Waals surface area contributed by atoms with Crippen LogP contribution in [0, 0.1) is 0 Å². The van der Waals surface area contributed by atoms with E-state index in [1.54, 1.807) is 4.90 Å². The minimum absolute atomic E-state index is 0.0400. The van der Waals surface area contributed by atoms with E-state index in [1.807, 2.05) is 30.3 Å². The zero-order valence-electron chi connectivity index (χ0n) is 16.8. The molecule has 1 fully saturated rings. The summed E-state index contributed by atoms with van der Waals surface area (Å²) in [6, 6.07) is 18.4. The molecule has 0 radical (unpaired) electrons. The van der Waals surface area contributed by atoms with Crippen LogP contribution in [0.5, 0.6) is 0 Å². The molecule has 0 spiro atoms. The molecule has 1 N–H and O–H groups in total. The number of carbonyl (C=O) groups is 2. The normalized spacial score (nSPS) is 19.2. The van der Waals surface area contributed by atoms with E-state index in [4.69, 9.17) is 0 Å². The summed E-state index contributed by atoms with van der Waals surface area (Å²) < 4.78 is 0. The molecule has 2 aliphatic heterocycles. The van der Waals surface area contributed by atoms with Gasteiger partial charge in [-0.2, -0.15) is 0 Å². The molecule has 2 heterocycles.